The Balaban J connectivity index is 1.05. The molecule has 2 N–H and O–H groups in total. The fraction of sp³-hybridized carbons (Fsp3) is 0.963. The van der Waals surface area contributed by atoms with Crippen molar-refractivity contribution >= 4 is 6.03 Å². The molecule has 6 heteroatoms. The topological polar surface area (TPSA) is 68.8 Å². The molecule has 0 aromatic carbocycles. The van der Waals surface area contributed by atoms with Gasteiger partial charge in [-0.15, -0.1) is 0 Å². The molecule has 8 saturated carbocycles. The van der Waals surface area contributed by atoms with Gasteiger partial charge in [0.05, 0.1) is 32.0 Å². The number of ether oxygens (including phenoxy) is 3. The highest BCUT2D eigenvalue weighted by Gasteiger charge is 2.59. The second kappa shape index (κ2) is 8.67. The number of urea groups is 1. The summed E-state index contributed by atoms with van der Waals surface area (Å²) < 4.78 is 17.6. The quantitative estimate of drug-likeness (QED) is 0.474. The van der Waals surface area contributed by atoms with E-state index in [4.69, 9.17) is 14.2 Å². The van der Waals surface area contributed by atoms with Gasteiger partial charge in [-0.3, -0.25) is 0 Å². The Labute approximate surface area is 199 Å². The molecule has 0 heterocycles. The van der Waals surface area contributed by atoms with E-state index < -0.39 is 0 Å². The molecule has 8 aliphatic rings. The highest BCUT2D eigenvalue weighted by molar-refractivity contribution is 5.76. The van der Waals surface area contributed by atoms with Crippen LogP contribution < -0.4 is 10.6 Å². The molecule has 0 aliphatic heterocycles. The van der Waals surface area contributed by atoms with E-state index in [-0.39, 0.29) is 22.7 Å². The summed E-state index contributed by atoms with van der Waals surface area (Å²) in [6.45, 7) is 5.28. The molecule has 8 rings (SSSR count). The maximum absolute atomic E-state index is 13.4. The third-order valence-corrected chi connectivity index (χ3v) is 10.0. The maximum Gasteiger partial charge on any atom is 0.315 e. The summed E-state index contributed by atoms with van der Waals surface area (Å²) in [6.07, 6.45) is 14.7. The van der Waals surface area contributed by atoms with Gasteiger partial charge in [-0.05, 0) is 114 Å². The SMILES string of the molecule is CCOCCOCCOC12CC3CC(CC(NC(=O)NC45CC6CC(CC(C6)C4)C5)(C3)C1)C2. The Bertz CT molecular complexity index is 690. The van der Waals surface area contributed by atoms with Crippen LogP contribution in [-0.4, -0.2) is 55.7 Å². The van der Waals surface area contributed by atoms with Crippen LogP contribution in [0.1, 0.15) is 84.0 Å². The van der Waals surface area contributed by atoms with Crippen LogP contribution >= 0.6 is 0 Å². The summed E-state index contributed by atoms with van der Waals surface area (Å²) in [7, 11) is 0. The molecular weight excluding hydrogens is 416 g/mol. The summed E-state index contributed by atoms with van der Waals surface area (Å²) in [5.41, 5.74) is -0.0677. The molecule has 0 spiro atoms. The Morgan fingerprint density at radius 2 is 1.21 bits per heavy atom. The molecule has 2 atom stereocenters. The molecule has 0 radical (unpaired) electrons. The van der Waals surface area contributed by atoms with Gasteiger partial charge in [0.1, 0.15) is 0 Å². The van der Waals surface area contributed by atoms with Crippen LogP contribution in [0, 0.1) is 29.6 Å². The minimum Gasteiger partial charge on any atom is -0.379 e. The Morgan fingerprint density at radius 3 is 1.85 bits per heavy atom. The summed E-state index contributed by atoms with van der Waals surface area (Å²) >= 11 is 0. The van der Waals surface area contributed by atoms with Gasteiger partial charge in [0.15, 0.2) is 0 Å². The molecule has 0 aromatic heterocycles. The summed E-state index contributed by atoms with van der Waals surface area (Å²) in [5.74, 6) is 3.92. The van der Waals surface area contributed by atoms with Crippen molar-refractivity contribution in [3.05, 3.63) is 0 Å². The average Bonchev–Trinajstić information content (AvgIpc) is 2.70. The third-order valence-electron chi connectivity index (χ3n) is 10.0. The van der Waals surface area contributed by atoms with Crippen LogP contribution in [0.3, 0.4) is 0 Å². The third kappa shape index (κ3) is 4.56. The smallest absolute Gasteiger partial charge is 0.315 e. The number of carbonyl (C=O) groups is 1. The van der Waals surface area contributed by atoms with Crippen molar-refractivity contribution in [3.8, 4) is 0 Å². The molecule has 0 aromatic rings. The molecular formula is C27H44N2O4. The number of rotatable bonds is 10. The number of nitrogens with one attached hydrogen (secondary N) is 2. The number of carbonyl (C=O) groups excluding carboxylic acids is 1. The number of hydrogen-bond donors (Lipinski definition) is 2. The fourth-order valence-electron chi connectivity index (χ4n) is 9.95. The second-order valence-electron chi connectivity index (χ2n) is 12.9. The van der Waals surface area contributed by atoms with Gasteiger partial charge in [-0.2, -0.15) is 0 Å². The highest BCUT2D eigenvalue weighted by Crippen LogP contribution is 2.59. The molecule has 8 fully saturated rings. The minimum absolute atomic E-state index is 0.0681. The van der Waals surface area contributed by atoms with Crippen LogP contribution in [0.4, 0.5) is 4.79 Å². The molecule has 2 unspecified atom stereocenters. The van der Waals surface area contributed by atoms with Gasteiger partial charge in [-0.1, -0.05) is 0 Å². The van der Waals surface area contributed by atoms with E-state index in [1.54, 1.807) is 0 Å². The molecule has 6 nitrogen and oxygen atoms in total. The zero-order valence-corrected chi connectivity index (χ0v) is 20.5. The van der Waals surface area contributed by atoms with Gasteiger partial charge in [-0.25, -0.2) is 4.79 Å². The Morgan fingerprint density at radius 1 is 0.697 bits per heavy atom. The first-order chi connectivity index (χ1) is 16.0. The van der Waals surface area contributed by atoms with E-state index in [0.29, 0.717) is 38.3 Å². The van der Waals surface area contributed by atoms with E-state index in [1.807, 2.05) is 6.92 Å². The van der Waals surface area contributed by atoms with Crippen molar-refractivity contribution in [2.45, 2.75) is 101 Å². The summed E-state index contributed by atoms with van der Waals surface area (Å²) in [5, 5.41) is 7.14. The lowest BCUT2D eigenvalue weighted by molar-refractivity contribution is -0.179. The van der Waals surface area contributed by atoms with Crippen LogP contribution in [-0.2, 0) is 14.2 Å². The number of amides is 2. The normalized spacial score (nSPS) is 46.6. The van der Waals surface area contributed by atoms with Crippen molar-refractivity contribution in [2.24, 2.45) is 29.6 Å². The lowest BCUT2D eigenvalue weighted by Gasteiger charge is -2.62. The van der Waals surface area contributed by atoms with Crippen molar-refractivity contribution < 1.29 is 19.0 Å². The van der Waals surface area contributed by atoms with Gasteiger partial charge in [0, 0.05) is 17.7 Å². The first-order valence-corrected chi connectivity index (χ1v) is 13.9. The average molecular weight is 461 g/mol. The summed E-state index contributed by atoms with van der Waals surface area (Å²) in [6, 6.07) is 0.105. The Kier molecular flexibility index (Phi) is 5.94. The molecule has 186 valence electrons. The van der Waals surface area contributed by atoms with E-state index in [1.165, 1.54) is 44.9 Å². The molecule has 33 heavy (non-hydrogen) atoms. The second-order valence-corrected chi connectivity index (χ2v) is 12.9. The van der Waals surface area contributed by atoms with Crippen LogP contribution in [0.2, 0.25) is 0 Å². The predicted octanol–water partition coefficient (Wildman–Crippen LogP) is 4.42. The zero-order valence-electron chi connectivity index (χ0n) is 20.5. The monoisotopic (exact) mass is 460 g/mol. The predicted molar refractivity (Wildman–Crippen MR) is 126 cm³/mol. The molecule has 8 bridgehead atoms. The van der Waals surface area contributed by atoms with Gasteiger partial charge >= 0.3 is 6.03 Å². The van der Waals surface area contributed by atoms with Crippen molar-refractivity contribution in [1.82, 2.24) is 10.6 Å². The standard InChI is InChI=1S/C27H44N2O4/c1-2-31-3-4-32-5-6-33-27-16-22-10-23(17-27)15-26(14-22,18-27)29-24(30)28-25-11-19-7-20(12-25)9-21(8-19)13-25/h19-23H,2-18H2,1H3,(H2,28,29,30). The maximum atomic E-state index is 13.4. The van der Waals surface area contributed by atoms with Crippen LogP contribution in [0.15, 0.2) is 0 Å². The minimum atomic E-state index is -0.0771. The molecule has 2 amide bonds. The summed E-state index contributed by atoms with van der Waals surface area (Å²) in [4.78, 5) is 13.4. The van der Waals surface area contributed by atoms with Crippen LogP contribution in [0.25, 0.3) is 0 Å². The first-order valence-electron chi connectivity index (χ1n) is 13.9. The molecule has 0 saturated heterocycles. The number of hydrogen-bond acceptors (Lipinski definition) is 4. The molecule has 8 aliphatic carbocycles. The van der Waals surface area contributed by atoms with Crippen LogP contribution in [0.5, 0.6) is 0 Å². The van der Waals surface area contributed by atoms with Gasteiger partial charge < -0.3 is 24.8 Å². The van der Waals surface area contributed by atoms with Gasteiger partial charge in [0.2, 0.25) is 0 Å². The van der Waals surface area contributed by atoms with E-state index in [0.717, 1.165) is 56.5 Å². The first kappa shape index (κ1) is 22.6. The zero-order chi connectivity index (χ0) is 22.5. The lowest BCUT2D eigenvalue weighted by Crippen LogP contribution is -2.69. The van der Waals surface area contributed by atoms with Crippen molar-refractivity contribution in [3.63, 3.8) is 0 Å². The van der Waals surface area contributed by atoms with E-state index in [2.05, 4.69) is 10.6 Å². The van der Waals surface area contributed by atoms with Crippen molar-refractivity contribution in [2.75, 3.05) is 33.0 Å². The van der Waals surface area contributed by atoms with Gasteiger partial charge in [0.25, 0.3) is 0 Å². The fourth-order valence-corrected chi connectivity index (χ4v) is 9.95. The largest absolute Gasteiger partial charge is 0.379 e. The van der Waals surface area contributed by atoms with E-state index in [9.17, 15) is 4.79 Å². The lowest BCUT2D eigenvalue weighted by atomic mass is 9.51. The highest BCUT2D eigenvalue weighted by atomic mass is 16.5. The van der Waals surface area contributed by atoms with Crippen molar-refractivity contribution in [1.29, 1.82) is 0 Å². The van der Waals surface area contributed by atoms with E-state index >= 15 is 0 Å². The Hall–Kier alpha value is -0.850.